The molecule has 0 bridgehead atoms. The van der Waals surface area contributed by atoms with Crippen LogP contribution in [0.5, 0.6) is 28.7 Å². The zero-order valence-corrected chi connectivity index (χ0v) is 47.0. The summed E-state index contributed by atoms with van der Waals surface area (Å²) >= 11 is 0. The number of benzene rings is 5. The summed E-state index contributed by atoms with van der Waals surface area (Å²) in [6, 6.07) is 27.0. The number of Topliss-reactive ketones (excluding diaryl/α,β-unsaturated/α-hetero) is 1. The first kappa shape index (κ1) is 56.1. The number of H-pyrrole nitrogens is 1. The maximum absolute atomic E-state index is 17.0. The third kappa shape index (κ3) is 11.2. The van der Waals surface area contributed by atoms with Gasteiger partial charge in [-0.25, -0.2) is 0 Å². The number of nitrogens with one attached hydrogen (secondary N) is 2. The standard InChI is InChI=1S/C64H78N2O10S2/c1-4-41-17-18-42-12-11-15-50-56(36-67)78-77-37-45-29-57(71)64(47-30-46(31-48(69)32-47)63(65-2)23-9-6-10-24-63,34-39-16-21-54(75-38-68)55(27-39)76-49-13-7-5-8-14-49)62(73)59(45)60(72)44(26-40-22-25-66-35-40)28-43-19-20-53(70)61(74-3)52(43)33-51(41)58(42)50/h11-12,15-22,25,27,30-32,35,44-45,49,56-57,59-60,65-72H,4-10,13-14,23-24,26,28-29,33-34,36-38H2,1-3H3. The summed E-state index contributed by atoms with van der Waals surface area (Å²) in [5.74, 6) is -0.879. The van der Waals surface area contributed by atoms with Crippen molar-refractivity contribution in [3.8, 4) is 28.7 Å². The van der Waals surface area contributed by atoms with E-state index in [2.05, 4.69) is 41.5 Å². The smallest absolute Gasteiger partial charge is 0.186 e. The van der Waals surface area contributed by atoms with Gasteiger partial charge >= 0.3 is 0 Å². The Bertz CT molecular complexity index is 3030. The normalized spacial score (nSPS) is 25.1. The van der Waals surface area contributed by atoms with Gasteiger partial charge in [-0.3, -0.25) is 4.79 Å². The average molecular weight is 1100 g/mol. The molecule has 8 N–H and O–H groups in total. The third-order valence-electron chi connectivity index (χ3n) is 18.1. The highest BCUT2D eigenvalue weighted by atomic mass is 33.1. The van der Waals surface area contributed by atoms with Gasteiger partial charge in [-0.05, 0) is 181 Å². The highest BCUT2D eigenvalue weighted by Gasteiger charge is 2.58. The lowest BCUT2D eigenvalue weighted by Crippen LogP contribution is -2.61. The second-order valence-corrected chi connectivity index (χ2v) is 25.1. The van der Waals surface area contributed by atoms with Crippen LogP contribution in [-0.2, 0) is 47.9 Å². The topological polar surface area (TPSA) is 194 Å². The first-order chi connectivity index (χ1) is 37.9. The molecule has 14 heteroatoms. The summed E-state index contributed by atoms with van der Waals surface area (Å²) in [5.41, 5.74) is 5.65. The van der Waals surface area contributed by atoms with Gasteiger partial charge in [0.2, 0.25) is 0 Å². The Morgan fingerprint density at radius 2 is 1.64 bits per heavy atom. The van der Waals surface area contributed by atoms with Crippen LogP contribution in [0, 0.1) is 17.8 Å². The van der Waals surface area contributed by atoms with Crippen molar-refractivity contribution in [3.63, 3.8) is 0 Å². The Labute approximate surface area is 467 Å². The van der Waals surface area contributed by atoms with Crippen LogP contribution in [0.15, 0.2) is 97.3 Å². The van der Waals surface area contributed by atoms with Crippen LogP contribution < -0.4 is 19.5 Å². The maximum Gasteiger partial charge on any atom is 0.186 e. The number of aryl methyl sites for hydroxylation is 1. The third-order valence-corrected chi connectivity index (χ3v) is 21.0. The van der Waals surface area contributed by atoms with E-state index >= 15 is 4.79 Å². The molecule has 5 aromatic carbocycles. The number of ether oxygens (including phenoxy) is 3. The summed E-state index contributed by atoms with van der Waals surface area (Å²) in [4.78, 5) is 20.2. The average Bonchev–Trinajstić information content (AvgIpc) is 4.12. The molecular formula is C64H78N2O10S2. The van der Waals surface area contributed by atoms with Gasteiger partial charge in [0.1, 0.15) is 5.75 Å². The van der Waals surface area contributed by atoms with E-state index in [1.807, 2.05) is 55.8 Å². The van der Waals surface area contributed by atoms with Crippen molar-refractivity contribution >= 4 is 38.1 Å². The minimum absolute atomic E-state index is 0.00101. The SMILES string of the molecule is CCc1ccc2cccc3c2c1Cc1c(ccc(O)c1OC)CC(Cc1cc[nH]c1)C(O)C1C(=O)C(Cc2ccc(OCO)c(OC4CCCCC4)c2)(c2cc(O)cc(C4(NC)CCCCC4)c2)C(O)CC1CSSC3CO. The van der Waals surface area contributed by atoms with Crippen molar-refractivity contribution in [1.82, 2.24) is 10.3 Å². The highest BCUT2D eigenvalue weighted by Crippen LogP contribution is 2.53. The Morgan fingerprint density at radius 1 is 0.846 bits per heavy atom. The van der Waals surface area contributed by atoms with Crippen molar-refractivity contribution in [1.29, 1.82) is 0 Å². The molecule has 78 heavy (non-hydrogen) atoms. The number of aliphatic hydroxyl groups is 4. The molecule has 1 aromatic heterocycles. The number of hydrogen-bond donors (Lipinski definition) is 8. The molecule has 0 spiro atoms. The number of aromatic hydroxyl groups is 2. The summed E-state index contributed by atoms with van der Waals surface area (Å²) in [5, 5.41) is 77.3. The van der Waals surface area contributed by atoms with Crippen LogP contribution in [-0.4, -0.2) is 93.0 Å². The van der Waals surface area contributed by atoms with E-state index in [-0.39, 0.29) is 48.1 Å². The summed E-state index contributed by atoms with van der Waals surface area (Å²) < 4.78 is 18.5. The molecule has 12 nitrogen and oxygen atoms in total. The number of carbonyl (C=O) groups excluding carboxylic acids is 1. The fourth-order valence-electron chi connectivity index (χ4n) is 14.0. The van der Waals surface area contributed by atoms with Crippen molar-refractivity contribution in [2.24, 2.45) is 17.8 Å². The van der Waals surface area contributed by atoms with Gasteiger partial charge in [-0.2, -0.15) is 0 Å². The number of fused-ring (bicyclic) bond motifs is 2. The van der Waals surface area contributed by atoms with E-state index in [1.165, 1.54) is 0 Å². The van der Waals surface area contributed by atoms with Crippen molar-refractivity contribution in [2.45, 2.75) is 144 Å². The van der Waals surface area contributed by atoms with Crippen LogP contribution in [0.3, 0.4) is 0 Å². The summed E-state index contributed by atoms with van der Waals surface area (Å²) in [6.07, 6.45) is 13.0. The second kappa shape index (κ2) is 24.7. The zero-order valence-electron chi connectivity index (χ0n) is 45.3. The minimum atomic E-state index is -1.69. The molecule has 0 radical (unpaired) electrons. The van der Waals surface area contributed by atoms with E-state index in [0.29, 0.717) is 53.4 Å². The quantitative estimate of drug-likeness (QED) is 0.0380. The number of phenolic OH excluding ortho intramolecular Hbond substituents is 2. The Hall–Kier alpha value is -5.19. The van der Waals surface area contributed by atoms with Gasteiger partial charge in [0, 0.05) is 41.6 Å². The molecule has 3 aliphatic carbocycles. The van der Waals surface area contributed by atoms with Gasteiger partial charge in [0.05, 0.1) is 42.7 Å². The van der Waals surface area contributed by atoms with E-state index in [0.717, 1.165) is 120 Å². The number of phenols is 2. The lowest BCUT2D eigenvalue weighted by molar-refractivity contribution is -0.149. The predicted octanol–water partition coefficient (Wildman–Crippen LogP) is 11.1. The summed E-state index contributed by atoms with van der Waals surface area (Å²) in [7, 11) is 6.62. The molecule has 0 saturated heterocycles. The molecule has 3 saturated carbocycles. The number of aromatic amines is 1. The fraction of sp³-hybridized carbons (Fsp3) is 0.484. The van der Waals surface area contributed by atoms with Crippen molar-refractivity contribution in [3.05, 3.63) is 147 Å². The van der Waals surface area contributed by atoms with E-state index < -0.39 is 47.7 Å². The number of hydrogen-bond acceptors (Lipinski definition) is 13. The van der Waals surface area contributed by atoms with Crippen LogP contribution in [0.25, 0.3) is 10.8 Å². The van der Waals surface area contributed by atoms with Crippen LogP contribution >= 0.6 is 21.6 Å². The number of aromatic nitrogens is 1. The molecule has 6 aromatic rings. The van der Waals surface area contributed by atoms with Gasteiger partial charge in [-0.1, -0.05) is 103 Å². The fourth-order valence-corrected chi connectivity index (χ4v) is 16.9. The lowest BCUT2D eigenvalue weighted by Gasteiger charge is -2.50. The van der Waals surface area contributed by atoms with Crippen LogP contribution in [0.1, 0.15) is 133 Å². The molecule has 416 valence electrons. The highest BCUT2D eigenvalue weighted by molar-refractivity contribution is 8.76. The number of rotatable bonds is 14. The van der Waals surface area contributed by atoms with Gasteiger partial charge in [0.15, 0.2) is 35.6 Å². The summed E-state index contributed by atoms with van der Waals surface area (Å²) in [6.45, 7) is 1.43. The molecule has 7 atom stereocenters. The van der Waals surface area contributed by atoms with E-state index in [4.69, 9.17) is 14.2 Å². The van der Waals surface area contributed by atoms with Gasteiger partial charge in [0.25, 0.3) is 0 Å². The first-order valence-electron chi connectivity index (χ1n) is 28.3. The monoisotopic (exact) mass is 1100 g/mol. The van der Waals surface area contributed by atoms with Gasteiger partial charge in [-0.15, -0.1) is 0 Å². The molecule has 2 heterocycles. The van der Waals surface area contributed by atoms with Crippen molar-refractivity contribution < 1.29 is 49.6 Å². The number of methoxy groups -OCH3 is 1. The molecule has 4 aliphatic rings. The Kier molecular flexibility index (Phi) is 17.7. The zero-order chi connectivity index (χ0) is 54.6. The second-order valence-electron chi connectivity index (χ2n) is 22.5. The first-order valence-corrected chi connectivity index (χ1v) is 30.7. The van der Waals surface area contributed by atoms with Crippen LogP contribution in [0.4, 0.5) is 0 Å². The minimum Gasteiger partial charge on any atom is -0.508 e. The number of carbonyl (C=O) groups is 1. The molecular weight excluding hydrogens is 1020 g/mol. The number of ketones is 1. The largest absolute Gasteiger partial charge is 0.508 e. The van der Waals surface area contributed by atoms with Crippen molar-refractivity contribution in [2.75, 3.05) is 33.3 Å². The van der Waals surface area contributed by atoms with E-state index in [9.17, 15) is 30.6 Å². The molecule has 0 amide bonds. The van der Waals surface area contributed by atoms with Gasteiger partial charge < -0.3 is 55.2 Å². The molecule has 1 aliphatic heterocycles. The van der Waals surface area contributed by atoms with Crippen LogP contribution in [0.2, 0.25) is 0 Å². The Balaban J connectivity index is 1.16. The Morgan fingerprint density at radius 3 is 2.37 bits per heavy atom. The molecule has 7 unspecified atom stereocenters. The predicted molar refractivity (Wildman–Crippen MR) is 310 cm³/mol. The lowest BCUT2D eigenvalue weighted by atomic mass is 9.55. The number of aliphatic hydroxyl groups excluding tert-OH is 4. The maximum atomic E-state index is 17.0. The molecule has 3 fully saturated rings. The molecule has 10 rings (SSSR count). The van der Waals surface area contributed by atoms with E-state index in [1.54, 1.807) is 53.0 Å².